The summed E-state index contributed by atoms with van der Waals surface area (Å²) < 4.78 is -1.42. The first kappa shape index (κ1) is 11.6. The molecule has 0 saturated heterocycles. The van der Waals surface area contributed by atoms with Crippen LogP contribution in [-0.4, -0.2) is 20.8 Å². The molecule has 0 aromatic heterocycles. The molecule has 0 aromatic rings. The molecule has 1 aliphatic carbocycles. The van der Waals surface area contributed by atoms with Crippen LogP contribution in [0.2, 0.25) is 0 Å². The molecule has 5 heteroatoms. The third-order valence-corrected chi connectivity index (χ3v) is 3.11. The van der Waals surface area contributed by atoms with E-state index in [4.69, 9.17) is 34.8 Å². The molecular weight excluding hydrogens is 234 g/mol. The number of Topliss-reactive ketones (excluding diaryl/α,β-unsaturated/α-hetero) is 1. The summed E-state index contributed by atoms with van der Waals surface area (Å²) in [6.45, 7) is 3.58. The number of hydrogen-bond acceptors (Lipinski definition) is 2. The fourth-order valence-electron chi connectivity index (χ4n) is 1.61. The number of carbonyl (C=O) groups is 1. The summed E-state index contributed by atoms with van der Waals surface area (Å²) in [6, 6.07) is 0. The average Bonchev–Trinajstić information content (AvgIpc) is 1.96. The molecule has 1 aliphatic rings. The Morgan fingerprint density at radius 2 is 1.92 bits per heavy atom. The van der Waals surface area contributed by atoms with Crippen molar-refractivity contribution in [3.05, 3.63) is 0 Å². The lowest BCUT2D eigenvalue weighted by molar-refractivity contribution is -0.165. The van der Waals surface area contributed by atoms with Crippen LogP contribution in [0.25, 0.3) is 0 Å². The van der Waals surface area contributed by atoms with Crippen LogP contribution >= 0.6 is 34.8 Å². The fraction of sp³-hybridized carbons (Fsp3) is 0.875. The van der Waals surface area contributed by atoms with E-state index in [2.05, 4.69) is 0 Å². The van der Waals surface area contributed by atoms with Crippen molar-refractivity contribution < 1.29 is 9.90 Å². The topological polar surface area (TPSA) is 37.3 Å². The number of aliphatic hydroxyl groups excluding tert-OH is 1. The molecule has 0 aliphatic heterocycles. The van der Waals surface area contributed by atoms with Gasteiger partial charge in [0.15, 0.2) is 9.58 Å². The zero-order valence-electron chi connectivity index (χ0n) is 7.35. The summed E-state index contributed by atoms with van der Waals surface area (Å²) in [6.07, 6.45) is -0.745. The van der Waals surface area contributed by atoms with Gasteiger partial charge in [-0.3, -0.25) is 4.79 Å². The van der Waals surface area contributed by atoms with Crippen molar-refractivity contribution >= 4 is 40.6 Å². The van der Waals surface area contributed by atoms with Crippen LogP contribution in [0.4, 0.5) is 0 Å². The summed E-state index contributed by atoms with van der Waals surface area (Å²) in [4.78, 5) is 11.2. The van der Waals surface area contributed by atoms with Crippen LogP contribution in [0, 0.1) is 11.3 Å². The molecule has 2 unspecified atom stereocenters. The number of hydrogen-bond donors (Lipinski definition) is 1. The minimum Gasteiger partial charge on any atom is -0.385 e. The SMILES string of the molecule is CC1(C)C(O)C(=O)C1CC(Cl)(Cl)Cl. The number of ketones is 1. The molecule has 0 spiro atoms. The maximum absolute atomic E-state index is 11.2. The van der Waals surface area contributed by atoms with Crippen molar-refractivity contribution in [2.45, 2.75) is 30.2 Å². The van der Waals surface area contributed by atoms with Crippen molar-refractivity contribution in [1.29, 1.82) is 0 Å². The number of aliphatic hydroxyl groups is 1. The normalized spacial score (nSPS) is 32.9. The Morgan fingerprint density at radius 1 is 1.46 bits per heavy atom. The molecule has 1 fully saturated rings. The maximum Gasteiger partial charge on any atom is 0.191 e. The van der Waals surface area contributed by atoms with E-state index in [-0.39, 0.29) is 18.1 Å². The predicted octanol–water partition coefficient (Wildman–Crippen LogP) is 2.33. The van der Waals surface area contributed by atoms with Crippen molar-refractivity contribution in [3.63, 3.8) is 0 Å². The first-order chi connectivity index (χ1) is 5.66. The molecule has 1 N–H and O–H groups in total. The van der Waals surface area contributed by atoms with Gasteiger partial charge < -0.3 is 5.11 Å². The Kier molecular flexibility index (Phi) is 2.91. The summed E-state index contributed by atoms with van der Waals surface area (Å²) in [7, 11) is 0. The molecule has 76 valence electrons. The lowest BCUT2D eigenvalue weighted by Crippen LogP contribution is -2.59. The zero-order chi connectivity index (χ0) is 10.4. The molecule has 0 amide bonds. The Labute approximate surface area is 92.2 Å². The third kappa shape index (κ3) is 2.12. The van der Waals surface area contributed by atoms with Gasteiger partial charge in [0.05, 0.1) is 0 Å². The minimum atomic E-state index is -1.42. The molecule has 0 aromatic carbocycles. The van der Waals surface area contributed by atoms with Crippen LogP contribution in [0.3, 0.4) is 0 Å². The molecule has 2 atom stereocenters. The average molecular weight is 246 g/mol. The Balaban J connectivity index is 2.68. The highest BCUT2D eigenvalue weighted by Crippen LogP contribution is 2.49. The molecule has 1 saturated carbocycles. The number of carbonyl (C=O) groups excluding carboxylic acids is 1. The van der Waals surface area contributed by atoms with E-state index in [0.29, 0.717) is 0 Å². The predicted molar refractivity (Wildman–Crippen MR) is 53.2 cm³/mol. The minimum absolute atomic E-state index is 0.167. The summed E-state index contributed by atoms with van der Waals surface area (Å²) in [5.74, 6) is -0.577. The fourth-order valence-corrected chi connectivity index (χ4v) is 2.08. The zero-order valence-corrected chi connectivity index (χ0v) is 9.62. The van der Waals surface area contributed by atoms with Crippen molar-refractivity contribution in [2.24, 2.45) is 11.3 Å². The molecular formula is C8H11Cl3O2. The molecule has 2 nitrogen and oxygen atoms in total. The lowest BCUT2D eigenvalue weighted by atomic mass is 9.58. The van der Waals surface area contributed by atoms with Crippen LogP contribution in [-0.2, 0) is 4.79 Å². The highest BCUT2D eigenvalue weighted by molar-refractivity contribution is 6.67. The van der Waals surface area contributed by atoms with E-state index in [1.54, 1.807) is 13.8 Å². The first-order valence-electron chi connectivity index (χ1n) is 3.95. The molecule has 13 heavy (non-hydrogen) atoms. The maximum atomic E-state index is 11.2. The number of halogens is 3. The van der Waals surface area contributed by atoms with Crippen molar-refractivity contribution in [2.75, 3.05) is 0 Å². The van der Waals surface area contributed by atoms with Crippen molar-refractivity contribution in [1.82, 2.24) is 0 Å². The van der Waals surface area contributed by atoms with E-state index < -0.39 is 15.3 Å². The quantitative estimate of drug-likeness (QED) is 0.720. The van der Waals surface area contributed by atoms with Crippen LogP contribution in [0.1, 0.15) is 20.3 Å². The second-order valence-corrected chi connectivity index (χ2v) is 6.51. The van der Waals surface area contributed by atoms with Crippen molar-refractivity contribution in [3.8, 4) is 0 Å². The van der Waals surface area contributed by atoms with Gasteiger partial charge in [-0.1, -0.05) is 48.7 Å². The second kappa shape index (κ2) is 3.27. The van der Waals surface area contributed by atoms with Gasteiger partial charge in [-0.2, -0.15) is 0 Å². The van der Waals surface area contributed by atoms with E-state index >= 15 is 0 Å². The van der Waals surface area contributed by atoms with Gasteiger partial charge in [0, 0.05) is 17.8 Å². The molecule has 0 heterocycles. The van der Waals surface area contributed by atoms with E-state index in [0.717, 1.165) is 0 Å². The smallest absolute Gasteiger partial charge is 0.191 e. The third-order valence-electron chi connectivity index (χ3n) is 2.65. The molecule has 0 bridgehead atoms. The summed E-state index contributed by atoms with van der Waals surface area (Å²) >= 11 is 16.7. The van der Waals surface area contributed by atoms with E-state index in [1.165, 1.54) is 0 Å². The first-order valence-corrected chi connectivity index (χ1v) is 5.08. The second-order valence-electron chi connectivity index (χ2n) is 4.00. The largest absolute Gasteiger partial charge is 0.385 e. The van der Waals surface area contributed by atoms with Gasteiger partial charge >= 0.3 is 0 Å². The molecule has 1 rings (SSSR count). The van der Waals surface area contributed by atoms with Gasteiger partial charge in [0.2, 0.25) is 0 Å². The van der Waals surface area contributed by atoms with Crippen LogP contribution in [0.15, 0.2) is 0 Å². The van der Waals surface area contributed by atoms with Gasteiger partial charge in [-0.25, -0.2) is 0 Å². The monoisotopic (exact) mass is 244 g/mol. The Bertz CT molecular complexity index is 232. The van der Waals surface area contributed by atoms with E-state index in [1.807, 2.05) is 0 Å². The van der Waals surface area contributed by atoms with Gasteiger partial charge in [-0.15, -0.1) is 0 Å². The summed E-state index contributed by atoms with van der Waals surface area (Å²) in [5.41, 5.74) is -0.471. The standard InChI is InChI=1S/C8H11Cl3O2/c1-7(2)4(3-8(9,10)11)5(12)6(7)13/h4,6,13H,3H2,1-2H3. The van der Waals surface area contributed by atoms with Crippen LogP contribution < -0.4 is 0 Å². The Morgan fingerprint density at radius 3 is 2.23 bits per heavy atom. The van der Waals surface area contributed by atoms with Gasteiger partial charge in [0.25, 0.3) is 0 Å². The van der Waals surface area contributed by atoms with Crippen LogP contribution in [0.5, 0.6) is 0 Å². The highest BCUT2D eigenvalue weighted by Gasteiger charge is 2.56. The highest BCUT2D eigenvalue weighted by atomic mass is 35.6. The Hall–Kier alpha value is 0.500. The number of rotatable bonds is 1. The van der Waals surface area contributed by atoms with Gasteiger partial charge in [-0.05, 0) is 0 Å². The van der Waals surface area contributed by atoms with Gasteiger partial charge in [0.1, 0.15) is 6.10 Å². The summed E-state index contributed by atoms with van der Waals surface area (Å²) in [5, 5.41) is 9.33. The lowest BCUT2D eigenvalue weighted by Gasteiger charge is -2.48. The van der Waals surface area contributed by atoms with E-state index in [9.17, 15) is 9.90 Å². The number of alkyl halides is 3. The molecule has 0 radical (unpaired) electrons.